The van der Waals surface area contributed by atoms with Gasteiger partial charge in [0.1, 0.15) is 0 Å². The third-order valence-corrected chi connectivity index (χ3v) is 3.97. The number of alkyl halides is 3. The molecule has 3 N–H and O–H groups in total. The fourth-order valence-corrected chi connectivity index (χ4v) is 2.58. The predicted molar refractivity (Wildman–Crippen MR) is 87.8 cm³/mol. The van der Waals surface area contributed by atoms with E-state index in [4.69, 9.17) is 10.5 Å². The van der Waals surface area contributed by atoms with E-state index in [1.165, 1.54) is 12.1 Å². The van der Waals surface area contributed by atoms with Gasteiger partial charge in [-0.1, -0.05) is 12.1 Å². The molecule has 0 radical (unpaired) electrons. The Morgan fingerprint density at radius 3 is 2.62 bits per heavy atom. The highest BCUT2D eigenvalue weighted by molar-refractivity contribution is 5.77. The maximum atomic E-state index is 12.5. The molecule has 1 saturated heterocycles. The third kappa shape index (κ3) is 6.39. The van der Waals surface area contributed by atoms with Gasteiger partial charge in [-0.05, 0) is 49.8 Å². The van der Waals surface area contributed by atoms with E-state index in [1.54, 1.807) is 0 Å². The molecule has 0 aliphatic carbocycles. The second-order valence-electron chi connectivity index (χ2n) is 5.94. The molecule has 1 aromatic rings. The Kier molecular flexibility index (Phi) is 6.90. The van der Waals surface area contributed by atoms with E-state index in [2.05, 4.69) is 10.3 Å². The first-order valence-corrected chi connectivity index (χ1v) is 8.26. The van der Waals surface area contributed by atoms with Gasteiger partial charge in [0.15, 0.2) is 5.96 Å². The molecule has 24 heavy (non-hydrogen) atoms. The largest absolute Gasteiger partial charge is 0.416 e. The molecule has 4 nitrogen and oxygen atoms in total. The van der Waals surface area contributed by atoms with Crippen LogP contribution in [0.2, 0.25) is 0 Å². The van der Waals surface area contributed by atoms with E-state index in [9.17, 15) is 13.2 Å². The van der Waals surface area contributed by atoms with Crippen LogP contribution in [0.1, 0.15) is 36.8 Å². The lowest BCUT2D eigenvalue weighted by atomic mass is 10.1. The maximum absolute atomic E-state index is 12.5. The van der Waals surface area contributed by atoms with Crippen molar-refractivity contribution in [2.75, 3.05) is 19.7 Å². The lowest BCUT2D eigenvalue weighted by Gasteiger charge is -2.09. The van der Waals surface area contributed by atoms with Crippen molar-refractivity contribution >= 4 is 5.96 Å². The Hall–Kier alpha value is -1.76. The molecule has 1 atom stereocenters. The summed E-state index contributed by atoms with van der Waals surface area (Å²) in [6.45, 7) is 2.09. The second-order valence-corrected chi connectivity index (χ2v) is 5.94. The molecule has 1 aliphatic heterocycles. The van der Waals surface area contributed by atoms with Crippen molar-refractivity contribution in [3.05, 3.63) is 35.4 Å². The Bertz CT molecular complexity index is 523. The summed E-state index contributed by atoms with van der Waals surface area (Å²) in [5.74, 6) is 0.417. The number of benzene rings is 1. The van der Waals surface area contributed by atoms with Crippen LogP contribution in [0.3, 0.4) is 0 Å². The summed E-state index contributed by atoms with van der Waals surface area (Å²) in [4.78, 5) is 4.25. The fraction of sp³-hybridized carbons (Fsp3) is 0.588. The highest BCUT2D eigenvalue weighted by Gasteiger charge is 2.29. The minimum absolute atomic E-state index is 0.185. The summed E-state index contributed by atoms with van der Waals surface area (Å²) in [5, 5.41) is 3.05. The molecule has 1 aromatic carbocycles. The molecule has 0 saturated carbocycles. The number of nitrogens with two attached hydrogens (primary N) is 1. The number of halogens is 3. The van der Waals surface area contributed by atoms with E-state index < -0.39 is 11.7 Å². The van der Waals surface area contributed by atoms with Crippen molar-refractivity contribution in [3.8, 4) is 0 Å². The summed E-state index contributed by atoms with van der Waals surface area (Å²) in [6.07, 6.45) is 0.510. The average molecular weight is 343 g/mol. The monoisotopic (exact) mass is 343 g/mol. The minimum Gasteiger partial charge on any atom is -0.376 e. The van der Waals surface area contributed by atoms with Gasteiger partial charge in [0.2, 0.25) is 0 Å². The van der Waals surface area contributed by atoms with Gasteiger partial charge in [-0.3, -0.25) is 4.99 Å². The normalized spacial score (nSPS) is 18.8. The Morgan fingerprint density at radius 1 is 1.25 bits per heavy atom. The molecule has 0 amide bonds. The molecule has 0 spiro atoms. The van der Waals surface area contributed by atoms with Crippen molar-refractivity contribution in [1.82, 2.24) is 5.32 Å². The van der Waals surface area contributed by atoms with Crippen LogP contribution in [0.25, 0.3) is 0 Å². The van der Waals surface area contributed by atoms with Crippen molar-refractivity contribution in [2.45, 2.75) is 44.4 Å². The predicted octanol–water partition coefficient (Wildman–Crippen LogP) is 3.11. The summed E-state index contributed by atoms with van der Waals surface area (Å²) < 4.78 is 42.9. The SMILES string of the molecule is NC(=NCC1CCCO1)NCCCCc1ccc(C(F)(F)F)cc1. The quantitative estimate of drug-likeness (QED) is 0.454. The third-order valence-electron chi connectivity index (χ3n) is 3.97. The lowest BCUT2D eigenvalue weighted by Crippen LogP contribution is -2.33. The summed E-state index contributed by atoms with van der Waals surface area (Å²) in [7, 11) is 0. The molecule has 0 aromatic heterocycles. The Morgan fingerprint density at radius 2 is 2.00 bits per heavy atom. The van der Waals surface area contributed by atoms with E-state index in [0.717, 1.165) is 56.4 Å². The van der Waals surface area contributed by atoms with Gasteiger partial charge in [-0.2, -0.15) is 13.2 Å². The van der Waals surface area contributed by atoms with Crippen LogP contribution in [0.5, 0.6) is 0 Å². The average Bonchev–Trinajstić information content (AvgIpc) is 3.05. The summed E-state index contributed by atoms with van der Waals surface area (Å²) in [6, 6.07) is 5.33. The first-order chi connectivity index (χ1) is 11.4. The number of hydrogen-bond donors (Lipinski definition) is 2. The number of nitrogens with one attached hydrogen (secondary N) is 1. The van der Waals surface area contributed by atoms with E-state index in [1.807, 2.05) is 0 Å². The second kappa shape index (κ2) is 8.92. The van der Waals surface area contributed by atoms with Crippen LogP contribution in [0, 0.1) is 0 Å². The molecule has 7 heteroatoms. The van der Waals surface area contributed by atoms with Gasteiger partial charge >= 0.3 is 6.18 Å². The molecule has 1 aliphatic rings. The van der Waals surface area contributed by atoms with Crippen LogP contribution in [-0.2, 0) is 17.3 Å². The first-order valence-electron chi connectivity index (χ1n) is 8.26. The molecule has 1 unspecified atom stereocenters. The fourth-order valence-electron chi connectivity index (χ4n) is 2.58. The van der Waals surface area contributed by atoms with Crippen LogP contribution in [-0.4, -0.2) is 31.8 Å². The standard InChI is InChI=1S/C17H24F3N3O/c18-17(19,20)14-8-6-13(7-9-14)4-1-2-10-22-16(21)23-12-15-5-3-11-24-15/h6-9,15H,1-5,10-12H2,(H3,21,22,23). The highest BCUT2D eigenvalue weighted by Crippen LogP contribution is 2.29. The van der Waals surface area contributed by atoms with Crippen molar-refractivity contribution < 1.29 is 17.9 Å². The summed E-state index contributed by atoms with van der Waals surface area (Å²) in [5.41, 5.74) is 6.08. The Balaban J connectivity index is 1.59. The number of aryl methyl sites for hydroxylation is 1. The smallest absolute Gasteiger partial charge is 0.376 e. The van der Waals surface area contributed by atoms with E-state index in [-0.39, 0.29) is 6.10 Å². The molecule has 134 valence electrons. The summed E-state index contributed by atoms with van der Waals surface area (Å²) >= 11 is 0. The topological polar surface area (TPSA) is 59.6 Å². The van der Waals surface area contributed by atoms with Crippen LogP contribution in [0.4, 0.5) is 13.2 Å². The van der Waals surface area contributed by atoms with Gasteiger partial charge in [0, 0.05) is 13.2 Å². The molecular formula is C17H24F3N3O. The van der Waals surface area contributed by atoms with Crippen LogP contribution < -0.4 is 11.1 Å². The van der Waals surface area contributed by atoms with Crippen molar-refractivity contribution in [3.63, 3.8) is 0 Å². The zero-order valence-corrected chi connectivity index (χ0v) is 13.6. The number of aliphatic imine (C=N–C) groups is 1. The van der Waals surface area contributed by atoms with E-state index in [0.29, 0.717) is 19.0 Å². The first kappa shape index (κ1) is 18.6. The molecule has 0 bridgehead atoms. The Labute approximate surface area is 140 Å². The number of unbranched alkanes of at least 4 members (excludes halogenated alkanes) is 1. The molecule has 1 fully saturated rings. The molecule has 2 rings (SSSR count). The zero-order chi connectivity index (χ0) is 17.4. The van der Waals surface area contributed by atoms with Gasteiger partial charge < -0.3 is 15.8 Å². The zero-order valence-electron chi connectivity index (χ0n) is 13.6. The van der Waals surface area contributed by atoms with Crippen LogP contribution in [0.15, 0.2) is 29.3 Å². The van der Waals surface area contributed by atoms with Gasteiger partial charge in [0.05, 0.1) is 18.2 Å². The van der Waals surface area contributed by atoms with Gasteiger partial charge in [-0.15, -0.1) is 0 Å². The molecule has 1 heterocycles. The maximum Gasteiger partial charge on any atom is 0.416 e. The number of guanidine groups is 1. The number of nitrogens with zero attached hydrogens (tertiary/aromatic N) is 1. The lowest BCUT2D eigenvalue weighted by molar-refractivity contribution is -0.137. The number of hydrogen-bond acceptors (Lipinski definition) is 2. The van der Waals surface area contributed by atoms with Crippen molar-refractivity contribution in [2.24, 2.45) is 10.7 Å². The van der Waals surface area contributed by atoms with Gasteiger partial charge in [-0.25, -0.2) is 0 Å². The molecular weight excluding hydrogens is 319 g/mol. The van der Waals surface area contributed by atoms with E-state index >= 15 is 0 Å². The minimum atomic E-state index is -4.27. The van der Waals surface area contributed by atoms with Gasteiger partial charge in [0.25, 0.3) is 0 Å². The number of rotatable bonds is 7. The van der Waals surface area contributed by atoms with Crippen LogP contribution >= 0.6 is 0 Å². The van der Waals surface area contributed by atoms with Crippen molar-refractivity contribution in [1.29, 1.82) is 0 Å². The highest BCUT2D eigenvalue weighted by atomic mass is 19.4. The number of ether oxygens (including phenoxy) is 1.